The molecule has 0 aliphatic rings. The number of halogens is 1. The summed E-state index contributed by atoms with van der Waals surface area (Å²) < 4.78 is 24.6. The fraction of sp³-hybridized carbons (Fsp3) is 0.235. The molecule has 2 aromatic heterocycles. The Morgan fingerprint density at radius 3 is 2.58 bits per heavy atom. The highest BCUT2D eigenvalue weighted by Crippen LogP contribution is 2.24. The number of benzene rings is 1. The van der Waals surface area contributed by atoms with E-state index in [1.807, 2.05) is 0 Å². The van der Waals surface area contributed by atoms with E-state index >= 15 is 0 Å². The van der Waals surface area contributed by atoms with Crippen LogP contribution in [0.5, 0.6) is 0 Å². The maximum Gasteiger partial charge on any atom is 0.255 e. The number of rotatable bonds is 4. The van der Waals surface area contributed by atoms with Gasteiger partial charge in [-0.15, -0.1) is 0 Å². The average Bonchev–Trinajstić information content (AvgIpc) is 3.11. The molecule has 0 saturated heterocycles. The first kappa shape index (κ1) is 15.9. The molecule has 7 heteroatoms. The summed E-state index contributed by atoms with van der Waals surface area (Å²) in [5.41, 5.74) is 0.638. The minimum Gasteiger partial charge on any atom is -0.466 e. The minimum absolute atomic E-state index is 0.184. The van der Waals surface area contributed by atoms with Gasteiger partial charge in [0.2, 0.25) is 5.89 Å². The van der Waals surface area contributed by atoms with Crippen LogP contribution in [0.25, 0.3) is 0 Å². The van der Waals surface area contributed by atoms with Crippen molar-refractivity contribution in [1.82, 2.24) is 15.5 Å². The van der Waals surface area contributed by atoms with Crippen LogP contribution >= 0.6 is 0 Å². The monoisotopic (exact) mass is 329 g/mol. The normalized spacial score (nSPS) is 12.2. The van der Waals surface area contributed by atoms with Crippen molar-refractivity contribution >= 4 is 5.91 Å². The third-order valence-corrected chi connectivity index (χ3v) is 3.58. The molecule has 1 amide bonds. The van der Waals surface area contributed by atoms with Gasteiger partial charge in [-0.2, -0.15) is 4.98 Å². The highest BCUT2D eigenvalue weighted by Gasteiger charge is 2.26. The second-order valence-electron chi connectivity index (χ2n) is 5.43. The quantitative estimate of drug-likeness (QED) is 0.794. The van der Waals surface area contributed by atoms with Crippen molar-refractivity contribution < 1.29 is 18.1 Å². The Balaban J connectivity index is 1.98. The molecular weight excluding hydrogens is 313 g/mol. The van der Waals surface area contributed by atoms with Crippen molar-refractivity contribution in [2.45, 2.75) is 26.8 Å². The first-order valence-corrected chi connectivity index (χ1v) is 7.38. The summed E-state index contributed by atoms with van der Waals surface area (Å²) in [6.45, 7) is 5.07. The molecule has 0 radical (unpaired) electrons. The van der Waals surface area contributed by atoms with Crippen LogP contribution < -0.4 is 5.32 Å². The van der Waals surface area contributed by atoms with Gasteiger partial charge in [0.25, 0.3) is 5.91 Å². The summed E-state index contributed by atoms with van der Waals surface area (Å²) in [7, 11) is 0. The van der Waals surface area contributed by atoms with Gasteiger partial charge in [0.05, 0.1) is 5.56 Å². The largest absolute Gasteiger partial charge is 0.466 e. The molecule has 0 unspecified atom stereocenters. The lowest BCUT2D eigenvalue weighted by molar-refractivity contribution is 0.0939. The highest BCUT2D eigenvalue weighted by atomic mass is 19.1. The number of carbonyl (C=O) groups is 1. The van der Waals surface area contributed by atoms with Crippen molar-refractivity contribution in [3.8, 4) is 0 Å². The molecule has 0 aliphatic carbocycles. The summed E-state index contributed by atoms with van der Waals surface area (Å²) >= 11 is 0. The standard InChI is InChI=1S/C17H16FN3O3/c1-9-8-13(10(2)23-9)17(22)20-15(16-19-11(3)24-21-16)12-6-4-5-7-14(12)18/h4-8,15H,1-3H3,(H,20,22)/t15-/m0/s1. The molecular formula is C17H16FN3O3. The van der Waals surface area contributed by atoms with Crippen molar-refractivity contribution in [3.05, 3.63) is 70.5 Å². The summed E-state index contributed by atoms with van der Waals surface area (Å²) in [4.78, 5) is 16.7. The van der Waals surface area contributed by atoms with Gasteiger partial charge in [0.1, 0.15) is 23.4 Å². The molecule has 3 aromatic rings. The number of furan rings is 1. The van der Waals surface area contributed by atoms with Gasteiger partial charge in [-0.05, 0) is 26.0 Å². The minimum atomic E-state index is -0.870. The Kier molecular flexibility index (Phi) is 4.16. The number of hydrogen-bond donors (Lipinski definition) is 1. The number of aromatic nitrogens is 2. The van der Waals surface area contributed by atoms with Gasteiger partial charge in [0.15, 0.2) is 5.82 Å². The molecule has 2 heterocycles. The van der Waals surface area contributed by atoms with E-state index in [1.54, 1.807) is 45.0 Å². The predicted molar refractivity (Wildman–Crippen MR) is 82.9 cm³/mol. The van der Waals surface area contributed by atoms with E-state index in [1.165, 1.54) is 6.07 Å². The molecule has 0 fully saturated rings. The third kappa shape index (κ3) is 3.05. The van der Waals surface area contributed by atoms with Crippen LogP contribution in [0.15, 0.2) is 39.3 Å². The fourth-order valence-corrected chi connectivity index (χ4v) is 2.49. The van der Waals surface area contributed by atoms with Crippen LogP contribution in [0.4, 0.5) is 4.39 Å². The van der Waals surface area contributed by atoms with E-state index in [0.717, 1.165) is 0 Å². The molecule has 1 atom stereocenters. The van der Waals surface area contributed by atoms with E-state index < -0.39 is 17.8 Å². The molecule has 0 bridgehead atoms. The second kappa shape index (κ2) is 6.27. The molecule has 124 valence electrons. The molecule has 24 heavy (non-hydrogen) atoms. The first-order chi connectivity index (χ1) is 11.5. The lowest BCUT2D eigenvalue weighted by Crippen LogP contribution is -2.30. The Labute approximate surface area is 137 Å². The van der Waals surface area contributed by atoms with Crippen LogP contribution in [0, 0.1) is 26.6 Å². The van der Waals surface area contributed by atoms with Gasteiger partial charge in [-0.3, -0.25) is 4.79 Å². The Morgan fingerprint density at radius 2 is 2.00 bits per heavy atom. The average molecular weight is 329 g/mol. The number of aryl methyl sites for hydroxylation is 3. The first-order valence-electron chi connectivity index (χ1n) is 7.38. The zero-order valence-corrected chi connectivity index (χ0v) is 13.5. The number of carbonyl (C=O) groups excluding carboxylic acids is 1. The van der Waals surface area contributed by atoms with Gasteiger partial charge in [0, 0.05) is 12.5 Å². The van der Waals surface area contributed by atoms with E-state index in [9.17, 15) is 9.18 Å². The van der Waals surface area contributed by atoms with Crippen molar-refractivity contribution in [1.29, 1.82) is 0 Å². The maximum absolute atomic E-state index is 14.2. The lowest BCUT2D eigenvalue weighted by atomic mass is 10.0. The predicted octanol–water partition coefficient (Wildman–Crippen LogP) is 3.25. The van der Waals surface area contributed by atoms with Gasteiger partial charge < -0.3 is 14.3 Å². The van der Waals surface area contributed by atoms with Crippen LogP contribution in [-0.4, -0.2) is 16.0 Å². The SMILES string of the molecule is Cc1cc(C(=O)N[C@H](c2noc(C)n2)c2ccccc2F)c(C)o1. The van der Waals surface area contributed by atoms with Crippen LogP contribution in [0.3, 0.4) is 0 Å². The Bertz CT molecular complexity index is 885. The van der Waals surface area contributed by atoms with E-state index in [0.29, 0.717) is 23.0 Å². The number of nitrogens with one attached hydrogen (secondary N) is 1. The van der Waals surface area contributed by atoms with Gasteiger partial charge in [-0.25, -0.2) is 4.39 Å². The van der Waals surface area contributed by atoms with Crippen molar-refractivity contribution in [3.63, 3.8) is 0 Å². The van der Waals surface area contributed by atoms with Crippen LogP contribution in [0.1, 0.15) is 45.2 Å². The molecule has 6 nitrogen and oxygen atoms in total. The van der Waals surface area contributed by atoms with E-state index in [-0.39, 0.29) is 11.4 Å². The molecule has 0 aliphatic heterocycles. The van der Waals surface area contributed by atoms with Gasteiger partial charge in [-0.1, -0.05) is 23.4 Å². The lowest BCUT2D eigenvalue weighted by Gasteiger charge is -2.16. The summed E-state index contributed by atoms with van der Waals surface area (Å²) in [6, 6.07) is 6.89. The second-order valence-corrected chi connectivity index (χ2v) is 5.43. The fourth-order valence-electron chi connectivity index (χ4n) is 2.49. The zero-order valence-electron chi connectivity index (χ0n) is 13.5. The number of hydrogen-bond acceptors (Lipinski definition) is 5. The third-order valence-electron chi connectivity index (χ3n) is 3.58. The smallest absolute Gasteiger partial charge is 0.255 e. The molecule has 3 rings (SSSR count). The Morgan fingerprint density at radius 1 is 1.25 bits per heavy atom. The van der Waals surface area contributed by atoms with Gasteiger partial charge >= 0.3 is 0 Å². The molecule has 1 aromatic carbocycles. The van der Waals surface area contributed by atoms with Crippen LogP contribution in [-0.2, 0) is 0 Å². The highest BCUT2D eigenvalue weighted by molar-refractivity contribution is 5.95. The van der Waals surface area contributed by atoms with Crippen molar-refractivity contribution in [2.75, 3.05) is 0 Å². The summed E-state index contributed by atoms with van der Waals surface area (Å²) in [5.74, 6) is 0.752. The van der Waals surface area contributed by atoms with E-state index in [2.05, 4.69) is 15.5 Å². The van der Waals surface area contributed by atoms with Crippen LogP contribution in [0.2, 0.25) is 0 Å². The molecule has 0 saturated carbocycles. The van der Waals surface area contributed by atoms with E-state index in [4.69, 9.17) is 8.94 Å². The summed E-state index contributed by atoms with van der Waals surface area (Å²) in [6.07, 6.45) is 0. The summed E-state index contributed by atoms with van der Waals surface area (Å²) in [5, 5.41) is 6.57. The topological polar surface area (TPSA) is 81.2 Å². The molecule has 1 N–H and O–H groups in total. The number of amides is 1. The zero-order chi connectivity index (χ0) is 17.3. The molecule has 0 spiro atoms. The number of nitrogens with zero attached hydrogens (tertiary/aromatic N) is 2. The maximum atomic E-state index is 14.2. The Hall–Kier alpha value is -2.96. The van der Waals surface area contributed by atoms with Crippen molar-refractivity contribution in [2.24, 2.45) is 0 Å².